The summed E-state index contributed by atoms with van der Waals surface area (Å²) in [6.07, 6.45) is 2.65. The van der Waals surface area contributed by atoms with Crippen molar-refractivity contribution in [3.05, 3.63) is 35.9 Å². The summed E-state index contributed by atoms with van der Waals surface area (Å²) >= 11 is 0. The number of piperidine rings is 1. The molecule has 1 aromatic carbocycles. The molecule has 4 heteroatoms. The number of hydrogen-bond acceptors (Lipinski definition) is 2. The van der Waals surface area contributed by atoms with Crippen LogP contribution in [0.3, 0.4) is 0 Å². The second-order valence-electron chi connectivity index (χ2n) is 7.67. The van der Waals surface area contributed by atoms with Crippen molar-refractivity contribution in [2.24, 2.45) is 5.92 Å². The molecule has 1 saturated heterocycles. The summed E-state index contributed by atoms with van der Waals surface area (Å²) in [6, 6.07) is 10.5. The van der Waals surface area contributed by atoms with Gasteiger partial charge in [-0.3, -0.25) is 9.59 Å². The first-order chi connectivity index (χ1) is 11.3. The van der Waals surface area contributed by atoms with Gasteiger partial charge in [0.15, 0.2) is 0 Å². The molecule has 2 rings (SSSR count). The number of likely N-dealkylation sites (tertiary alicyclic amines) is 1. The minimum Gasteiger partial charge on any atom is -0.353 e. The van der Waals surface area contributed by atoms with Gasteiger partial charge in [-0.2, -0.15) is 0 Å². The molecule has 0 saturated carbocycles. The van der Waals surface area contributed by atoms with Crippen LogP contribution in [-0.2, 0) is 15.0 Å². The maximum Gasteiger partial charge on any atom is 0.225 e. The summed E-state index contributed by atoms with van der Waals surface area (Å²) in [5.74, 6) is 0.0630. The fourth-order valence-corrected chi connectivity index (χ4v) is 3.66. The van der Waals surface area contributed by atoms with Crippen molar-refractivity contribution in [2.75, 3.05) is 13.1 Å². The summed E-state index contributed by atoms with van der Waals surface area (Å²) < 4.78 is 0. The average molecular weight is 330 g/mol. The quantitative estimate of drug-likeness (QED) is 0.902. The topological polar surface area (TPSA) is 49.4 Å². The smallest absolute Gasteiger partial charge is 0.225 e. The lowest BCUT2D eigenvalue weighted by Gasteiger charge is -2.33. The van der Waals surface area contributed by atoms with Gasteiger partial charge in [0, 0.05) is 26.1 Å². The second kappa shape index (κ2) is 7.82. The zero-order chi connectivity index (χ0) is 17.7. The highest BCUT2D eigenvalue weighted by Gasteiger charge is 2.29. The fraction of sp³-hybridized carbons (Fsp3) is 0.600. The van der Waals surface area contributed by atoms with Gasteiger partial charge in [-0.05, 0) is 37.2 Å². The zero-order valence-electron chi connectivity index (χ0n) is 15.3. The molecule has 1 aliphatic rings. The molecule has 1 aromatic rings. The van der Waals surface area contributed by atoms with Gasteiger partial charge in [0.25, 0.3) is 0 Å². The van der Waals surface area contributed by atoms with E-state index in [1.807, 2.05) is 6.07 Å². The van der Waals surface area contributed by atoms with E-state index < -0.39 is 0 Å². The van der Waals surface area contributed by atoms with Crippen molar-refractivity contribution >= 4 is 11.8 Å². The van der Waals surface area contributed by atoms with Gasteiger partial charge in [0.05, 0.1) is 5.92 Å². The van der Waals surface area contributed by atoms with E-state index in [-0.39, 0.29) is 29.2 Å². The SMILES string of the molecule is CC(=O)N1CCCC(C(=O)NC(C)CC(C)(C)c2ccccc2)C1. The normalized spacial score (nSPS) is 19.7. The number of benzene rings is 1. The highest BCUT2D eigenvalue weighted by molar-refractivity contribution is 5.80. The molecule has 0 spiro atoms. The van der Waals surface area contributed by atoms with Crippen molar-refractivity contribution < 1.29 is 9.59 Å². The maximum absolute atomic E-state index is 12.5. The second-order valence-corrected chi connectivity index (χ2v) is 7.67. The Kier molecular flexibility index (Phi) is 6.03. The average Bonchev–Trinajstić information content (AvgIpc) is 2.55. The number of amides is 2. The molecule has 1 N–H and O–H groups in total. The Labute approximate surface area is 145 Å². The van der Waals surface area contributed by atoms with E-state index in [0.717, 1.165) is 25.8 Å². The Morgan fingerprint density at radius 3 is 2.58 bits per heavy atom. The Morgan fingerprint density at radius 1 is 1.29 bits per heavy atom. The molecular formula is C20H30N2O2. The number of rotatable bonds is 5. The third kappa shape index (κ3) is 4.83. The van der Waals surface area contributed by atoms with E-state index in [1.165, 1.54) is 5.56 Å². The van der Waals surface area contributed by atoms with Crippen molar-refractivity contribution in [2.45, 2.75) is 58.4 Å². The Hall–Kier alpha value is -1.84. The molecule has 0 aromatic heterocycles. The number of nitrogens with zero attached hydrogens (tertiary/aromatic N) is 1. The number of carbonyl (C=O) groups is 2. The Morgan fingerprint density at radius 2 is 1.96 bits per heavy atom. The van der Waals surface area contributed by atoms with E-state index in [9.17, 15) is 9.59 Å². The van der Waals surface area contributed by atoms with Crippen LogP contribution in [0.4, 0.5) is 0 Å². The van der Waals surface area contributed by atoms with Crippen molar-refractivity contribution in [1.29, 1.82) is 0 Å². The number of hydrogen-bond donors (Lipinski definition) is 1. The van der Waals surface area contributed by atoms with Crippen LogP contribution in [0, 0.1) is 5.92 Å². The molecular weight excluding hydrogens is 300 g/mol. The predicted octanol–water partition coefficient (Wildman–Crippen LogP) is 3.12. The van der Waals surface area contributed by atoms with Crippen LogP contribution < -0.4 is 5.32 Å². The van der Waals surface area contributed by atoms with Gasteiger partial charge >= 0.3 is 0 Å². The fourth-order valence-electron chi connectivity index (χ4n) is 3.66. The number of carbonyl (C=O) groups excluding carboxylic acids is 2. The summed E-state index contributed by atoms with van der Waals surface area (Å²) in [4.78, 5) is 25.9. The molecule has 1 heterocycles. The van der Waals surface area contributed by atoms with Crippen LogP contribution in [0.25, 0.3) is 0 Å². The van der Waals surface area contributed by atoms with Crippen molar-refractivity contribution in [1.82, 2.24) is 10.2 Å². The van der Waals surface area contributed by atoms with Crippen LogP contribution in [0.15, 0.2) is 30.3 Å². The van der Waals surface area contributed by atoms with Crippen molar-refractivity contribution in [3.8, 4) is 0 Å². The van der Waals surface area contributed by atoms with Crippen LogP contribution in [0.1, 0.15) is 52.5 Å². The first-order valence-corrected chi connectivity index (χ1v) is 8.91. The summed E-state index contributed by atoms with van der Waals surface area (Å²) in [5, 5.41) is 3.16. The zero-order valence-corrected chi connectivity index (χ0v) is 15.3. The molecule has 2 atom stereocenters. The number of nitrogens with one attached hydrogen (secondary N) is 1. The summed E-state index contributed by atoms with van der Waals surface area (Å²) in [7, 11) is 0. The van der Waals surface area contributed by atoms with E-state index >= 15 is 0 Å². The molecule has 0 bridgehead atoms. The maximum atomic E-state index is 12.5. The largest absolute Gasteiger partial charge is 0.353 e. The van der Waals surface area contributed by atoms with Crippen LogP contribution in [-0.4, -0.2) is 35.8 Å². The van der Waals surface area contributed by atoms with Gasteiger partial charge in [0.1, 0.15) is 0 Å². The molecule has 1 aliphatic heterocycles. The lowest BCUT2D eigenvalue weighted by Crippen LogP contribution is -2.47. The highest BCUT2D eigenvalue weighted by Crippen LogP contribution is 2.28. The Balaban J connectivity index is 1.90. The molecule has 4 nitrogen and oxygen atoms in total. The molecule has 132 valence electrons. The van der Waals surface area contributed by atoms with Crippen LogP contribution >= 0.6 is 0 Å². The molecule has 0 radical (unpaired) electrons. The lowest BCUT2D eigenvalue weighted by atomic mass is 9.79. The van der Waals surface area contributed by atoms with Gasteiger partial charge in [0.2, 0.25) is 11.8 Å². The minimum atomic E-state index is -0.0788. The third-order valence-corrected chi connectivity index (χ3v) is 5.00. The minimum absolute atomic E-state index is 0.00589. The highest BCUT2D eigenvalue weighted by atomic mass is 16.2. The van der Waals surface area contributed by atoms with Gasteiger partial charge < -0.3 is 10.2 Å². The molecule has 1 fully saturated rings. The van der Waals surface area contributed by atoms with Gasteiger partial charge in [-0.25, -0.2) is 0 Å². The first-order valence-electron chi connectivity index (χ1n) is 8.91. The standard InChI is InChI=1S/C20H30N2O2/c1-15(13-20(3,4)18-10-6-5-7-11-18)21-19(24)17-9-8-12-22(14-17)16(2)23/h5-7,10-11,15,17H,8-9,12-14H2,1-4H3,(H,21,24). The monoisotopic (exact) mass is 330 g/mol. The van der Waals surface area contributed by atoms with E-state index in [4.69, 9.17) is 0 Å². The van der Waals surface area contributed by atoms with Gasteiger partial charge in [-0.1, -0.05) is 44.2 Å². The summed E-state index contributed by atoms with van der Waals surface area (Å²) in [6.45, 7) is 9.39. The molecule has 2 amide bonds. The molecule has 24 heavy (non-hydrogen) atoms. The van der Waals surface area contributed by atoms with Gasteiger partial charge in [-0.15, -0.1) is 0 Å². The lowest BCUT2D eigenvalue weighted by molar-refractivity contribution is -0.134. The van der Waals surface area contributed by atoms with Crippen LogP contribution in [0.2, 0.25) is 0 Å². The Bertz CT molecular complexity index is 568. The van der Waals surface area contributed by atoms with E-state index in [0.29, 0.717) is 6.54 Å². The molecule has 0 aliphatic carbocycles. The van der Waals surface area contributed by atoms with Crippen molar-refractivity contribution in [3.63, 3.8) is 0 Å². The summed E-state index contributed by atoms with van der Waals surface area (Å²) in [5.41, 5.74) is 1.29. The predicted molar refractivity (Wildman–Crippen MR) is 96.7 cm³/mol. The third-order valence-electron chi connectivity index (χ3n) is 5.00. The van der Waals surface area contributed by atoms with E-state index in [1.54, 1.807) is 11.8 Å². The first kappa shape index (κ1) is 18.5. The molecule has 2 unspecified atom stereocenters. The van der Waals surface area contributed by atoms with E-state index in [2.05, 4.69) is 50.4 Å². The van der Waals surface area contributed by atoms with Crippen LogP contribution in [0.5, 0.6) is 0 Å².